The molecule has 0 atom stereocenters. The van der Waals surface area contributed by atoms with Crippen molar-refractivity contribution in [2.75, 3.05) is 19.8 Å². The van der Waals surface area contributed by atoms with Gasteiger partial charge in [0.25, 0.3) is 6.08 Å². The van der Waals surface area contributed by atoms with Crippen LogP contribution in [0, 0.1) is 0 Å². The quantitative estimate of drug-likeness (QED) is 0.313. The second kappa shape index (κ2) is 11.4. The highest BCUT2D eigenvalue weighted by Gasteiger charge is 2.11. The maximum absolute atomic E-state index is 12.1. The van der Waals surface area contributed by atoms with E-state index in [0.29, 0.717) is 19.0 Å². The Bertz CT molecular complexity index is 567. The number of benzene rings is 1. The molecule has 6 heteroatoms. The van der Waals surface area contributed by atoms with Gasteiger partial charge < -0.3 is 14.3 Å². The van der Waals surface area contributed by atoms with E-state index in [0.717, 1.165) is 47.9 Å². The van der Waals surface area contributed by atoms with Crippen LogP contribution in [0.1, 0.15) is 45.2 Å². The first-order valence-electron chi connectivity index (χ1n) is 8.53. The number of aryl methyl sites for hydroxylation is 2. The summed E-state index contributed by atoms with van der Waals surface area (Å²) in [6, 6.07) is 3.69. The number of nitrogens with zero attached hydrogens (tertiary/aromatic N) is 1. The predicted octanol–water partition coefficient (Wildman–Crippen LogP) is 5.15. The zero-order valence-corrected chi connectivity index (χ0v) is 15.4. The largest absolute Gasteiger partial charge is 0.493 e. The Balaban J connectivity index is 2.71. The van der Waals surface area contributed by atoms with Crippen LogP contribution in [0.2, 0.25) is 0 Å². The number of hydrogen-bond acceptors (Lipinski definition) is 4. The Morgan fingerprint density at radius 1 is 1.04 bits per heavy atom. The molecule has 0 bridgehead atoms. The Morgan fingerprint density at radius 3 is 2.20 bits per heavy atom. The van der Waals surface area contributed by atoms with Crippen molar-refractivity contribution in [1.29, 1.82) is 0 Å². The normalized spacial score (nSPS) is 10.2. The van der Waals surface area contributed by atoms with Crippen LogP contribution in [0.4, 0.5) is 8.78 Å². The van der Waals surface area contributed by atoms with Crippen LogP contribution >= 0.6 is 0 Å². The van der Waals surface area contributed by atoms with Gasteiger partial charge in [-0.2, -0.15) is 8.78 Å². The van der Waals surface area contributed by atoms with Gasteiger partial charge in [-0.1, -0.05) is 19.0 Å². The summed E-state index contributed by atoms with van der Waals surface area (Å²) in [6.45, 7) is 8.66. The van der Waals surface area contributed by atoms with Gasteiger partial charge >= 0.3 is 0 Å². The molecule has 0 fully saturated rings. The lowest BCUT2D eigenvalue weighted by atomic mass is 10.0. The van der Waals surface area contributed by atoms with Crippen molar-refractivity contribution >= 4 is 5.71 Å². The molecular weight excluding hydrogens is 328 g/mol. The molecule has 4 nitrogen and oxygen atoms in total. The lowest BCUT2D eigenvalue weighted by Gasteiger charge is -2.16. The summed E-state index contributed by atoms with van der Waals surface area (Å²) in [4.78, 5) is 5.15. The first-order valence-corrected chi connectivity index (χ1v) is 8.53. The molecule has 140 valence electrons. The Labute approximate surface area is 148 Å². The Morgan fingerprint density at radius 2 is 1.68 bits per heavy atom. The molecule has 0 aromatic heterocycles. The SMILES string of the molecule is CCc1cc(OCC=C(F)F)cc(CC)c1OCCCON=C(C)C. The van der Waals surface area contributed by atoms with Crippen LogP contribution in [0.5, 0.6) is 11.5 Å². The summed E-state index contributed by atoms with van der Waals surface area (Å²) in [5.74, 6) is 1.43. The fourth-order valence-electron chi connectivity index (χ4n) is 2.19. The number of ether oxygens (including phenoxy) is 2. The van der Waals surface area contributed by atoms with Crippen LogP contribution < -0.4 is 9.47 Å². The number of hydrogen-bond donors (Lipinski definition) is 0. The summed E-state index contributed by atoms with van der Waals surface area (Å²) in [5, 5.41) is 3.88. The van der Waals surface area contributed by atoms with Gasteiger partial charge in [-0.25, -0.2) is 0 Å². The van der Waals surface area contributed by atoms with Crippen molar-refractivity contribution in [2.24, 2.45) is 5.16 Å². The van der Waals surface area contributed by atoms with Crippen molar-refractivity contribution in [3.8, 4) is 11.5 Å². The second-order valence-corrected chi connectivity index (χ2v) is 5.66. The van der Waals surface area contributed by atoms with Gasteiger partial charge in [0, 0.05) is 12.5 Å². The third-order valence-electron chi connectivity index (χ3n) is 3.34. The molecule has 0 aliphatic carbocycles. The number of halogens is 2. The van der Waals surface area contributed by atoms with Crippen molar-refractivity contribution in [3.05, 3.63) is 35.4 Å². The van der Waals surface area contributed by atoms with E-state index in [9.17, 15) is 8.78 Å². The van der Waals surface area contributed by atoms with Crippen molar-refractivity contribution in [1.82, 2.24) is 0 Å². The standard InChI is InChI=1S/C19H27F2NO3/c1-5-15-12-17(23-11-8-18(20)21)13-16(6-2)19(15)24-9-7-10-25-22-14(3)4/h8,12-13H,5-7,9-11H2,1-4H3. The molecule has 0 aliphatic rings. The lowest BCUT2D eigenvalue weighted by Crippen LogP contribution is -2.06. The molecule has 1 aromatic rings. The Hall–Kier alpha value is -2.11. The molecule has 0 saturated carbocycles. The van der Waals surface area contributed by atoms with Crippen LogP contribution in [0.15, 0.2) is 29.4 Å². The highest BCUT2D eigenvalue weighted by Crippen LogP contribution is 2.31. The number of rotatable bonds is 11. The highest BCUT2D eigenvalue weighted by atomic mass is 19.3. The molecule has 0 amide bonds. The molecule has 1 rings (SSSR count). The van der Waals surface area contributed by atoms with Gasteiger partial charge in [-0.3, -0.25) is 0 Å². The fourth-order valence-corrected chi connectivity index (χ4v) is 2.19. The first-order chi connectivity index (χ1) is 12.0. The van der Waals surface area contributed by atoms with Gasteiger partial charge in [0.05, 0.1) is 12.3 Å². The van der Waals surface area contributed by atoms with Gasteiger partial charge in [-0.15, -0.1) is 0 Å². The van der Waals surface area contributed by atoms with E-state index in [4.69, 9.17) is 14.3 Å². The third kappa shape index (κ3) is 8.01. The fraction of sp³-hybridized carbons (Fsp3) is 0.526. The summed E-state index contributed by atoms with van der Waals surface area (Å²) in [5.41, 5.74) is 2.88. The van der Waals surface area contributed by atoms with E-state index >= 15 is 0 Å². The zero-order valence-electron chi connectivity index (χ0n) is 15.4. The highest BCUT2D eigenvalue weighted by molar-refractivity contribution is 5.78. The second-order valence-electron chi connectivity index (χ2n) is 5.66. The summed E-state index contributed by atoms with van der Waals surface area (Å²) in [6.07, 6.45) is 1.27. The molecule has 0 N–H and O–H groups in total. The average molecular weight is 355 g/mol. The van der Waals surface area contributed by atoms with E-state index in [1.54, 1.807) is 0 Å². The molecule has 0 spiro atoms. The topological polar surface area (TPSA) is 40.0 Å². The minimum absolute atomic E-state index is 0.149. The minimum atomic E-state index is -1.74. The molecule has 25 heavy (non-hydrogen) atoms. The number of oxime groups is 1. The first kappa shape index (κ1) is 20.9. The third-order valence-corrected chi connectivity index (χ3v) is 3.34. The monoisotopic (exact) mass is 355 g/mol. The summed E-state index contributed by atoms with van der Waals surface area (Å²) >= 11 is 0. The molecule has 0 radical (unpaired) electrons. The van der Waals surface area contributed by atoms with E-state index < -0.39 is 6.08 Å². The maximum Gasteiger partial charge on any atom is 0.269 e. The van der Waals surface area contributed by atoms with Gasteiger partial charge in [0.15, 0.2) is 0 Å². The van der Waals surface area contributed by atoms with Gasteiger partial charge in [-0.05, 0) is 49.9 Å². The van der Waals surface area contributed by atoms with E-state index in [-0.39, 0.29) is 6.61 Å². The predicted molar refractivity (Wildman–Crippen MR) is 95.8 cm³/mol. The molecule has 0 heterocycles. The molecular formula is C19H27F2NO3. The van der Waals surface area contributed by atoms with Crippen molar-refractivity contribution in [2.45, 2.75) is 47.0 Å². The smallest absolute Gasteiger partial charge is 0.269 e. The van der Waals surface area contributed by atoms with Crippen LogP contribution in [-0.2, 0) is 17.7 Å². The molecule has 1 aromatic carbocycles. The maximum atomic E-state index is 12.1. The van der Waals surface area contributed by atoms with Crippen LogP contribution in [0.3, 0.4) is 0 Å². The molecule has 0 saturated heterocycles. The van der Waals surface area contributed by atoms with Gasteiger partial charge in [0.2, 0.25) is 0 Å². The van der Waals surface area contributed by atoms with E-state index in [1.807, 2.05) is 39.8 Å². The molecule has 0 aliphatic heterocycles. The van der Waals surface area contributed by atoms with E-state index in [1.165, 1.54) is 0 Å². The summed E-state index contributed by atoms with van der Waals surface area (Å²) in [7, 11) is 0. The average Bonchev–Trinajstić information content (AvgIpc) is 2.57. The van der Waals surface area contributed by atoms with E-state index in [2.05, 4.69) is 5.16 Å². The lowest BCUT2D eigenvalue weighted by molar-refractivity contribution is 0.127. The van der Waals surface area contributed by atoms with Crippen LogP contribution in [0.25, 0.3) is 0 Å². The molecule has 0 unspecified atom stereocenters. The summed E-state index contributed by atoms with van der Waals surface area (Å²) < 4.78 is 35.5. The minimum Gasteiger partial charge on any atom is -0.493 e. The van der Waals surface area contributed by atoms with Crippen LogP contribution in [-0.4, -0.2) is 25.5 Å². The zero-order chi connectivity index (χ0) is 18.7. The van der Waals surface area contributed by atoms with Gasteiger partial charge in [0.1, 0.15) is 24.7 Å². The van der Waals surface area contributed by atoms with Crippen molar-refractivity contribution < 1.29 is 23.1 Å². The Kier molecular flexibility index (Phi) is 9.58. The van der Waals surface area contributed by atoms with Crippen molar-refractivity contribution in [3.63, 3.8) is 0 Å².